The van der Waals surface area contributed by atoms with Crippen LogP contribution in [0.15, 0.2) is 18.2 Å². The van der Waals surface area contributed by atoms with Gasteiger partial charge in [-0.25, -0.2) is 0 Å². The third kappa shape index (κ3) is 3.24. The number of fused-ring (bicyclic) bond motifs is 1. The second kappa shape index (κ2) is 6.21. The van der Waals surface area contributed by atoms with E-state index in [1.54, 1.807) is 6.07 Å². The van der Waals surface area contributed by atoms with E-state index in [4.69, 9.17) is 0 Å². The van der Waals surface area contributed by atoms with Gasteiger partial charge in [-0.2, -0.15) is 5.10 Å². The maximum absolute atomic E-state index is 12.6. The quantitative estimate of drug-likeness (QED) is 0.691. The normalized spacial score (nSPS) is 13.3. The van der Waals surface area contributed by atoms with Gasteiger partial charge < -0.3 is 16.0 Å². The topological polar surface area (TPSA) is 98.9 Å². The lowest BCUT2D eigenvalue weighted by Crippen LogP contribution is -2.25. The fourth-order valence-electron chi connectivity index (χ4n) is 2.65. The Bertz CT molecular complexity index is 766. The van der Waals surface area contributed by atoms with Crippen molar-refractivity contribution >= 4 is 23.2 Å². The van der Waals surface area contributed by atoms with E-state index in [2.05, 4.69) is 26.1 Å². The first-order valence-corrected chi connectivity index (χ1v) is 7.51. The van der Waals surface area contributed by atoms with E-state index in [1.807, 2.05) is 19.1 Å². The third-order valence-corrected chi connectivity index (χ3v) is 3.76. The number of carbonyl (C=O) groups is 2. The van der Waals surface area contributed by atoms with Gasteiger partial charge in [-0.15, -0.1) is 0 Å². The molecule has 7 heteroatoms. The number of anilines is 2. The van der Waals surface area contributed by atoms with Crippen LogP contribution in [0.2, 0.25) is 0 Å². The third-order valence-electron chi connectivity index (χ3n) is 3.76. The lowest BCUT2D eigenvalue weighted by molar-refractivity contribution is -0.114. The molecule has 0 unspecified atom stereocenters. The molecule has 0 aliphatic carbocycles. The van der Waals surface area contributed by atoms with Crippen LogP contribution >= 0.6 is 0 Å². The molecule has 2 amide bonds. The molecule has 7 nitrogen and oxygen atoms in total. The summed E-state index contributed by atoms with van der Waals surface area (Å²) < 4.78 is 0. The first-order chi connectivity index (χ1) is 11.0. The first-order valence-electron chi connectivity index (χ1n) is 7.51. The minimum absolute atomic E-state index is 0.189. The van der Waals surface area contributed by atoms with E-state index in [9.17, 15) is 9.59 Å². The van der Waals surface area contributed by atoms with E-state index in [-0.39, 0.29) is 11.8 Å². The Hall–Kier alpha value is -2.67. The van der Waals surface area contributed by atoms with Crippen LogP contribution in [0, 0.1) is 6.92 Å². The van der Waals surface area contributed by atoms with Crippen LogP contribution in [0.3, 0.4) is 0 Å². The lowest BCUT2D eigenvalue weighted by Gasteiger charge is -2.14. The number of benzene rings is 1. The Labute approximate surface area is 133 Å². The molecule has 0 saturated carbocycles. The van der Waals surface area contributed by atoms with Gasteiger partial charge in [-0.3, -0.25) is 14.7 Å². The van der Waals surface area contributed by atoms with Crippen LogP contribution in [0.25, 0.3) is 0 Å². The first kappa shape index (κ1) is 15.2. The van der Waals surface area contributed by atoms with Crippen LogP contribution in [0.1, 0.15) is 34.2 Å². The molecule has 0 radical (unpaired) electrons. The number of rotatable bonds is 3. The molecule has 0 atom stereocenters. The van der Waals surface area contributed by atoms with Gasteiger partial charge in [-0.05, 0) is 24.6 Å². The SMILES string of the molecule is CC(=O)Nc1ccc(C)cc1NC(=O)c1n[nH]c2c1CNCC2. The Morgan fingerprint density at radius 2 is 2.04 bits per heavy atom. The molecule has 0 saturated heterocycles. The standard InChI is InChI=1S/C16H19N5O2/c1-9-3-4-13(18-10(2)22)14(7-9)19-16(23)15-11-8-17-6-5-12(11)20-21-15/h3-4,7,17H,5-6,8H2,1-2H3,(H,18,22)(H,19,23)(H,20,21). The maximum atomic E-state index is 12.6. The predicted octanol–water partition coefficient (Wildman–Crippen LogP) is 1.57. The number of H-pyrrole nitrogens is 1. The number of aryl methyl sites for hydroxylation is 1. The Kier molecular flexibility index (Phi) is 4.12. The molecule has 4 N–H and O–H groups in total. The second-order valence-corrected chi connectivity index (χ2v) is 5.64. The summed E-state index contributed by atoms with van der Waals surface area (Å²) in [7, 11) is 0. The summed E-state index contributed by atoms with van der Waals surface area (Å²) in [6.45, 7) is 4.86. The number of nitrogens with one attached hydrogen (secondary N) is 4. The van der Waals surface area contributed by atoms with E-state index < -0.39 is 0 Å². The average Bonchev–Trinajstić information content (AvgIpc) is 2.93. The summed E-state index contributed by atoms with van der Waals surface area (Å²) in [4.78, 5) is 23.9. The van der Waals surface area contributed by atoms with E-state index in [0.717, 1.165) is 29.8 Å². The second-order valence-electron chi connectivity index (χ2n) is 5.64. The molecule has 0 fully saturated rings. The molecule has 1 aromatic carbocycles. The number of hydrogen-bond acceptors (Lipinski definition) is 4. The highest BCUT2D eigenvalue weighted by Crippen LogP contribution is 2.24. The number of aromatic nitrogens is 2. The van der Waals surface area contributed by atoms with Gasteiger partial charge in [-0.1, -0.05) is 6.07 Å². The smallest absolute Gasteiger partial charge is 0.276 e. The number of carbonyl (C=O) groups excluding carboxylic acids is 2. The summed E-state index contributed by atoms with van der Waals surface area (Å²) in [6.07, 6.45) is 0.831. The van der Waals surface area contributed by atoms with E-state index in [0.29, 0.717) is 23.6 Å². The van der Waals surface area contributed by atoms with Gasteiger partial charge in [0.1, 0.15) is 0 Å². The zero-order chi connectivity index (χ0) is 16.4. The summed E-state index contributed by atoms with van der Waals surface area (Å²) in [5.41, 5.74) is 4.41. The molecule has 3 rings (SSSR count). The summed E-state index contributed by atoms with van der Waals surface area (Å²) >= 11 is 0. The fraction of sp³-hybridized carbons (Fsp3) is 0.312. The van der Waals surface area contributed by atoms with Crippen LogP contribution in [-0.2, 0) is 17.8 Å². The van der Waals surface area contributed by atoms with Gasteiger partial charge >= 0.3 is 0 Å². The molecular weight excluding hydrogens is 294 g/mol. The monoisotopic (exact) mass is 313 g/mol. The van der Waals surface area contributed by atoms with Crippen molar-refractivity contribution in [3.05, 3.63) is 40.7 Å². The minimum Gasteiger partial charge on any atom is -0.325 e. The maximum Gasteiger partial charge on any atom is 0.276 e. The summed E-state index contributed by atoms with van der Waals surface area (Å²) in [6, 6.07) is 5.47. The Morgan fingerprint density at radius 3 is 2.83 bits per heavy atom. The highest BCUT2D eigenvalue weighted by molar-refractivity contribution is 6.07. The van der Waals surface area contributed by atoms with Crippen molar-refractivity contribution in [2.45, 2.75) is 26.8 Å². The van der Waals surface area contributed by atoms with E-state index in [1.165, 1.54) is 6.92 Å². The van der Waals surface area contributed by atoms with Gasteiger partial charge in [0.25, 0.3) is 5.91 Å². The zero-order valence-electron chi connectivity index (χ0n) is 13.1. The van der Waals surface area contributed by atoms with Crippen molar-refractivity contribution < 1.29 is 9.59 Å². The fourth-order valence-corrected chi connectivity index (χ4v) is 2.65. The van der Waals surface area contributed by atoms with Crippen molar-refractivity contribution in [2.75, 3.05) is 17.2 Å². The molecule has 2 heterocycles. The number of aromatic amines is 1. The molecule has 1 aliphatic rings. The van der Waals surface area contributed by atoms with Crippen LogP contribution in [-0.4, -0.2) is 28.6 Å². The van der Waals surface area contributed by atoms with Crippen molar-refractivity contribution in [2.24, 2.45) is 0 Å². The molecular formula is C16H19N5O2. The molecule has 2 aromatic rings. The molecule has 23 heavy (non-hydrogen) atoms. The van der Waals surface area contributed by atoms with Crippen LogP contribution in [0.5, 0.6) is 0 Å². The highest BCUT2D eigenvalue weighted by atomic mass is 16.2. The predicted molar refractivity (Wildman–Crippen MR) is 87.4 cm³/mol. The average molecular weight is 313 g/mol. The van der Waals surface area contributed by atoms with Gasteiger partial charge in [0.05, 0.1) is 11.4 Å². The van der Waals surface area contributed by atoms with E-state index >= 15 is 0 Å². The van der Waals surface area contributed by atoms with Crippen LogP contribution < -0.4 is 16.0 Å². The summed E-state index contributed by atoms with van der Waals surface area (Å²) in [5.74, 6) is -0.478. The molecule has 1 aromatic heterocycles. The molecule has 0 bridgehead atoms. The molecule has 0 spiro atoms. The van der Waals surface area contributed by atoms with Crippen molar-refractivity contribution in [3.8, 4) is 0 Å². The minimum atomic E-state index is -0.289. The van der Waals surface area contributed by atoms with Crippen LogP contribution in [0.4, 0.5) is 11.4 Å². The lowest BCUT2D eigenvalue weighted by atomic mass is 10.1. The van der Waals surface area contributed by atoms with Crippen molar-refractivity contribution in [1.82, 2.24) is 15.5 Å². The van der Waals surface area contributed by atoms with Crippen molar-refractivity contribution in [3.63, 3.8) is 0 Å². The number of hydrogen-bond donors (Lipinski definition) is 4. The number of nitrogens with zero attached hydrogens (tertiary/aromatic N) is 1. The largest absolute Gasteiger partial charge is 0.325 e. The van der Waals surface area contributed by atoms with Gasteiger partial charge in [0.15, 0.2) is 5.69 Å². The highest BCUT2D eigenvalue weighted by Gasteiger charge is 2.22. The Balaban J connectivity index is 1.87. The molecule has 1 aliphatic heterocycles. The van der Waals surface area contributed by atoms with Crippen molar-refractivity contribution in [1.29, 1.82) is 0 Å². The molecule has 120 valence electrons. The number of amides is 2. The van der Waals surface area contributed by atoms with Gasteiger partial charge in [0.2, 0.25) is 5.91 Å². The Morgan fingerprint density at radius 1 is 1.22 bits per heavy atom. The zero-order valence-corrected chi connectivity index (χ0v) is 13.1. The summed E-state index contributed by atoms with van der Waals surface area (Å²) in [5, 5.41) is 15.9. The van der Waals surface area contributed by atoms with Gasteiger partial charge in [0, 0.05) is 37.7 Å².